The number of nitrogens with one attached hydrogen (secondary N) is 1. The van der Waals surface area contributed by atoms with Gasteiger partial charge >= 0.3 is 0 Å². The molecule has 0 fully saturated rings. The lowest BCUT2D eigenvalue weighted by atomic mass is 10.1. The van der Waals surface area contributed by atoms with Crippen LogP contribution in [-0.4, -0.2) is 49.9 Å². The second-order valence-electron chi connectivity index (χ2n) is 10.7. The number of hydrogen-bond acceptors (Lipinski definition) is 5. The summed E-state index contributed by atoms with van der Waals surface area (Å²) in [6.45, 7) is 8.92. The predicted molar refractivity (Wildman–Crippen MR) is 163 cm³/mol. The molecule has 42 heavy (non-hydrogen) atoms. The Bertz CT molecular complexity index is 1460. The van der Waals surface area contributed by atoms with Crippen molar-refractivity contribution in [3.8, 4) is 5.75 Å². The van der Waals surface area contributed by atoms with E-state index in [0.29, 0.717) is 22.9 Å². The summed E-state index contributed by atoms with van der Waals surface area (Å²) in [6.07, 6.45) is 0.281. The van der Waals surface area contributed by atoms with Gasteiger partial charge in [-0.05, 0) is 100 Å². The van der Waals surface area contributed by atoms with Gasteiger partial charge in [0.25, 0.3) is 10.0 Å². The third-order valence-corrected chi connectivity index (χ3v) is 8.31. The van der Waals surface area contributed by atoms with Gasteiger partial charge in [-0.25, -0.2) is 12.8 Å². The van der Waals surface area contributed by atoms with Crippen LogP contribution in [0.15, 0.2) is 77.7 Å². The van der Waals surface area contributed by atoms with Crippen molar-refractivity contribution in [2.45, 2.75) is 64.1 Å². The molecule has 11 heteroatoms. The van der Waals surface area contributed by atoms with E-state index in [9.17, 15) is 22.4 Å². The minimum Gasteiger partial charge on any atom is -0.494 e. The molecule has 0 saturated carbocycles. The second-order valence-corrected chi connectivity index (χ2v) is 13.0. The smallest absolute Gasteiger partial charge is 0.264 e. The second kappa shape index (κ2) is 14.0. The lowest BCUT2D eigenvalue weighted by molar-refractivity contribution is -0.141. The van der Waals surface area contributed by atoms with Crippen LogP contribution in [0.25, 0.3) is 0 Å². The van der Waals surface area contributed by atoms with Crippen molar-refractivity contribution in [1.82, 2.24) is 10.2 Å². The molecule has 1 N–H and O–H groups in total. The molecule has 226 valence electrons. The van der Waals surface area contributed by atoms with Crippen molar-refractivity contribution in [3.63, 3.8) is 0 Å². The number of ether oxygens (including phenoxy) is 1. The maximum atomic E-state index is 14.1. The Morgan fingerprint density at radius 3 is 2.07 bits per heavy atom. The zero-order valence-electron chi connectivity index (χ0n) is 24.4. The first-order chi connectivity index (χ1) is 19.7. The lowest BCUT2D eigenvalue weighted by Crippen LogP contribution is -2.55. The molecule has 0 aliphatic carbocycles. The van der Waals surface area contributed by atoms with Gasteiger partial charge in [0, 0.05) is 17.1 Å². The maximum absolute atomic E-state index is 14.1. The van der Waals surface area contributed by atoms with Gasteiger partial charge < -0.3 is 15.0 Å². The van der Waals surface area contributed by atoms with Crippen molar-refractivity contribution in [2.24, 2.45) is 0 Å². The minimum absolute atomic E-state index is 0.0342. The van der Waals surface area contributed by atoms with Crippen LogP contribution in [0.1, 0.15) is 46.6 Å². The zero-order chi connectivity index (χ0) is 31.1. The van der Waals surface area contributed by atoms with E-state index >= 15 is 0 Å². The average Bonchev–Trinajstić information content (AvgIpc) is 2.92. The number of anilines is 1. The minimum atomic E-state index is -4.30. The number of rotatable bonds is 12. The lowest BCUT2D eigenvalue weighted by Gasteiger charge is -2.34. The van der Waals surface area contributed by atoms with Crippen molar-refractivity contribution >= 4 is 39.1 Å². The fraction of sp³-hybridized carbons (Fsp3) is 0.355. The predicted octanol–water partition coefficient (Wildman–Crippen LogP) is 5.80. The number of sulfonamides is 1. The van der Waals surface area contributed by atoms with Crippen LogP contribution < -0.4 is 14.4 Å². The molecule has 0 aliphatic heterocycles. The molecule has 3 aromatic rings. The summed E-state index contributed by atoms with van der Waals surface area (Å²) >= 11 is 6.05. The highest BCUT2D eigenvalue weighted by Crippen LogP contribution is 2.27. The van der Waals surface area contributed by atoms with E-state index < -0.39 is 39.9 Å². The summed E-state index contributed by atoms with van der Waals surface area (Å²) in [4.78, 5) is 28.7. The fourth-order valence-electron chi connectivity index (χ4n) is 4.30. The molecule has 0 saturated heterocycles. The van der Waals surface area contributed by atoms with Gasteiger partial charge in [-0.1, -0.05) is 30.7 Å². The van der Waals surface area contributed by atoms with E-state index in [4.69, 9.17) is 16.3 Å². The van der Waals surface area contributed by atoms with Gasteiger partial charge in [0.1, 0.15) is 24.2 Å². The van der Waals surface area contributed by atoms with Crippen LogP contribution in [0.3, 0.4) is 0 Å². The Balaban J connectivity index is 2.05. The van der Waals surface area contributed by atoms with E-state index in [-0.39, 0.29) is 29.5 Å². The van der Waals surface area contributed by atoms with E-state index in [1.165, 1.54) is 41.3 Å². The average molecular weight is 618 g/mol. The van der Waals surface area contributed by atoms with Crippen LogP contribution in [0.2, 0.25) is 5.02 Å². The quantitative estimate of drug-likeness (QED) is 0.277. The molecule has 2 amide bonds. The van der Waals surface area contributed by atoms with Crippen LogP contribution in [0, 0.1) is 5.82 Å². The molecule has 3 rings (SSSR count). The van der Waals surface area contributed by atoms with Gasteiger partial charge in [-0.15, -0.1) is 0 Å². The number of carbonyl (C=O) groups excluding carboxylic acids is 2. The van der Waals surface area contributed by atoms with Crippen molar-refractivity contribution in [1.29, 1.82) is 0 Å². The van der Waals surface area contributed by atoms with Gasteiger partial charge in [0.2, 0.25) is 11.8 Å². The Morgan fingerprint density at radius 2 is 1.55 bits per heavy atom. The van der Waals surface area contributed by atoms with Crippen molar-refractivity contribution < 1.29 is 27.1 Å². The number of carbonyl (C=O) groups is 2. The Labute approximate surface area is 252 Å². The molecule has 0 unspecified atom stereocenters. The normalized spacial score (nSPS) is 12.4. The van der Waals surface area contributed by atoms with E-state index in [2.05, 4.69) is 5.32 Å². The molecular formula is C31H37ClFN3O5S. The maximum Gasteiger partial charge on any atom is 0.264 e. The number of nitrogens with zero attached hydrogens (tertiary/aromatic N) is 2. The van der Waals surface area contributed by atoms with Crippen molar-refractivity contribution in [3.05, 3.63) is 89.2 Å². The molecule has 0 bridgehead atoms. The summed E-state index contributed by atoms with van der Waals surface area (Å²) < 4.78 is 48.0. The van der Waals surface area contributed by atoms with Crippen LogP contribution in [0.4, 0.5) is 10.1 Å². The first-order valence-corrected chi connectivity index (χ1v) is 15.4. The highest BCUT2D eigenvalue weighted by molar-refractivity contribution is 7.92. The zero-order valence-corrected chi connectivity index (χ0v) is 26.0. The first-order valence-electron chi connectivity index (χ1n) is 13.6. The Hall–Kier alpha value is -3.63. The standard InChI is InChI=1S/C31H37ClFN3O5S/c1-6-28(30(38)34-31(3,4)5)35(20-22-8-10-23(32)11-9-22)29(37)21-36(25-14-12-24(33)13-15-25)42(39,40)27-18-16-26(17-19-27)41-7-2/h8-19,28H,6-7,20-21H2,1-5H3,(H,34,38)/t28-/m0/s1. The third-order valence-electron chi connectivity index (χ3n) is 6.27. The highest BCUT2D eigenvalue weighted by atomic mass is 35.5. The molecule has 0 radical (unpaired) electrons. The summed E-state index contributed by atoms with van der Waals surface area (Å²) in [6, 6.07) is 16.6. The molecular weight excluding hydrogens is 581 g/mol. The van der Waals surface area contributed by atoms with Crippen molar-refractivity contribution in [2.75, 3.05) is 17.5 Å². The van der Waals surface area contributed by atoms with Crippen LogP contribution >= 0.6 is 11.6 Å². The van der Waals surface area contributed by atoms with Gasteiger partial charge in [0.05, 0.1) is 17.2 Å². The summed E-state index contributed by atoms with van der Waals surface area (Å²) in [5, 5.41) is 3.44. The van der Waals surface area contributed by atoms with Crippen LogP contribution in [0.5, 0.6) is 5.75 Å². The molecule has 0 aliphatic rings. The molecule has 0 heterocycles. The molecule has 1 atom stereocenters. The largest absolute Gasteiger partial charge is 0.494 e. The highest BCUT2D eigenvalue weighted by Gasteiger charge is 2.34. The Kier molecular flexibility index (Phi) is 11.0. The molecule has 8 nitrogen and oxygen atoms in total. The molecule has 3 aromatic carbocycles. The third kappa shape index (κ3) is 8.69. The number of amides is 2. The fourth-order valence-corrected chi connectivity index (χ4v) is 5.84. The summed E-state index contributed by atoms with van der Waals surface area (Å²) in [5.41, 5.74) is 0.242. The van der Waals surface area contributed by atoms with Gasteiger partial charge in [-0.3, -0.25) is 13.9 Å². The number of halogens is 2. The topological polar surface area (TPSA) is 96.0 Å². The van der Waals surface area contributed by atoms with E-state index in [1.54, 1.807) is 31.2 Å². The van der Waals surface area contributed by atoms with E-state index in [0.717, 1.165) is 16.4 Å². The number of hydrogen-bond donors (Lipinski definition) is 1. The van der Waals surface area contributed by atoms with Gasteiger partial charge in [-0.2, -0.15) is 0 Å². The first kappa shape index (κ1) is 32.9. The summed E-state index contributed by atoms with van der Waals surface area (Å²) in [5.74, 6) is -1.04. The molecule has 0 aromatic heterocycles. The monoisotopic (exact) mass is 617 g/mol. The SMILES string of the molecule is CCOc1ccc(S(=O)(=O)N(CC(=O)N(Cc2ccc(Cl)cc2)[C@@H](CC)C(=O)NC(C)(C)C)c2ccc(F)cc2)cc1. The Morgan fingerprint density at radius 1 is 0.952 bits per heavy atom. The summed E-state index contributed by atoms with van der Waals surface area (Å²) in [7, 11) is -4.30. The van der Waals surface area contributed by atoms with Gasteiger partial charge in [0.15, 0.2) is 0 Å². The molecule has 0 spiro atoms. The van der Waals surface area contributed by atoms with Crippen LogP contribution in [-0.2, 0) is 26.2 Å². The van der Waals surface area contributed by atoms with E-state index in [1.807, 2.05) is 27.7 Å². The number of benzene rings is 3.